The Morgan fingerprint density at radius 2 is 1.94 bits per heavy atom. The molecule has 0 aliphatic carbocycles. The number of morpholine rings is 1. The van der Waals surface area contributed by atoms with Crippen molar-refractivity contribution < 1.29 is 14.6 Å². The van der Waals surface area contributed by atoms with Crippen LogP contribution in [0.4, 0.5) is 0 Å². The standard InChI is InChI=1S/C12H23NO3/c1-12(2,4-3-11(14)15)5-6-13-7-9-16-10-8-13/h3-10H2,1-2H3,(H,14,15). The predicted octanol–water partition coefficient (Wildman–Crippen LogP) is 1.60. The average Bonchev–Trinajstić information content (AvgIpc) is 2.26. The molecule has 0 saturated carbocycles. The first-order chi connectivity index (χ1) is 7.49. The molecule has 1 heterocycles. The first kappa shape index (κ1) is 13.5. The Bertz CT molecular complexity index is 222. The van der Waals surface area contributed by atoms with Gasteiger partial charge in [-0.05, 0) is 24.8 Å². The third-order valence-corrected chi connectivity index (χ3v) is 3.22. The summed E-state index contributed by atoms with van der Waals surface area (Å²) < 4.78 is 5.29. The lowest BCUT2D eigenvalue weighted by molar-refractivity contribution is -0.137. The quantitative estimate of drug-likeness (QED) is 0.751. The van der Waals surface area contributed by atoms with E-state index in [2.05, 4.69) is 18.7 Å². The Hall–Kier alpha value is -0.610. The first-order valence-electron chi connectivity index (χ1n) is 6.01. The van der Waals surface area contributed by atoms with Crippen LogP contribution in [0.15, 0.2) is 0 Å². The summed E-state index contributed by atoms with van der Waals surface area (Å²) in [5, 5.41) is 8.67. The first-order valence-corrected chi connectivity index (χ1v) is 6.01. The van der Waals surface area contributed by atoms with Crippen molar-refractivity contribution in [3.8, 4) is 0 Å². The minimum absolute atomic E-state index is 0.122. The number of nitrogens with zero attached hydrogens (tertiary/aromatic N) is 1. The van der Waals surface area contributed by atoms with Crippen molar-refractivity contribution >= 4 is 5.97 Å². The summed E-state index contributed by atoms with van der Waals surface area (Å²) in [6.45, 7) is 9.03. The summed E-state index contributed by atoms with van der Waals surface area (Å²) >= 11 is 0. The van der Waals surface area contributed by atoms with E-state index in [-0.39, 0.29) is 11.8 Å². The molecule has 4 nitrogen and oxygen atoms in total. The van der Waals surface area contributed by atoms with E-state index in [1.54, 1.807) is 0 Å². The Morgan fingerprint density at radius 1 is 1.31 bits per heavy atom. The molecule has 1 N–H and O–H groups in total. The number of aliphatic carboxylic acids is 1. The number of hydrogen-bond acceptors (Lipinski definition) is 3. The molecule has 1 aliphatic heterocycles. The molecule has 0 unspecified atom stereocenters. The fraction of sp³-hybridized carbons (Fsp3) is 0.917. The zero-order valence-electron chi connectivity index (χ0n) is 10.4. The van der Waals surface area contributed by atoms with Crippen LogP contribution in [0, 0.1) is 5.41 Å². The number of carbonyl (C=O) groups is 1. The number of carboxylic acid groups (broad SMARTS) is 1. The van der Waals surface area contributed by atoms with E-state index in [0.717, 1.165) is 45.7 Å². The van der Waals surface area contributed by atoms with Crippen molar-refractivity contribution in [3.05, 3.63) is 0 Å². The Labute approximate surface area is 97.6 Å². The fourth-order valence-corrected chi connectivity index (χ4v) is 1.86. The largest absolute Gasteiger partial charge is 0.481 e. The zero-order chi connectivity index (χ0) is 12.0. The molecule has 4 heteroatoms. The fourth-order valence-electron chi connectivity index (χ4n) is 1.86. The van der Waals surface area contributed by atoms with E-state index in [4.69, 9.17) is 9.84 Å². The van der Waals surface area contributed by atoms with Gasteiger partial charge in [-0.3, -0.25) is 9.69 Å². The highest BCUT2D eigenvalue weighted by Gasteiger charge is 2.21. The van der Waals surface area contributed by atoms with Gasteiger partial charge in [-0.25, -0.2) is 0 Å². The van der Waals surface area contributed by atoms with Gasteiger partial charge in [0, 0.05) is 19.5 Å². The zero-order valence-corrected chi connectivity index (χ0v) is 10.4. The van der Waals surface area contributed by atoms with E-state index in [1.165, 1.54) is 0 Å². The van der Waals surface area contributed by atoms with Gasteiger partial charge in [0.15, 0.2) is 0 Å². The molecule has 16 heavy (non-hydrogen) atoms. The summed E-state index contributed by atoms with van der Waals surface area (Å²) in [6.07, 6.45) is 2.09. The van der Waals surface area contributed by atoms with E-state index >= 15 is 0 Å². The molecule has 0 radical (unpaired) electrons. The normalized spacial score (nSPS) is 18.6. The molecule has 0 aromatic rings. The van der Waals surface area contributed by atoms with E-state index < -0.39 is 5.97 Å². The SMILES string of the molecule is CC(C)(CCC(=O)O)CCN1CCOCC1. The van der Waals surface area contributed by atoms with Crippen molar-refractivity contribution in [1.82, 2.24) is 4.90 Å². The lowest BCUT2D eigenvalue weighted by Crippen LogP contribution is -2.38. The van der Waals surface area contributed by atoms with Crippen LogP contribution < -0.4 is 0 Å². The van der Waals surface area contributed by atoms with Gasteiger partial charge in [0.05, 0.1) is 13.2 Å². The molecule has 0 spiro atoms. The molecule has 1 fully saturated rings. The van der Waals surface area contributed by atoms with Gasteiger partial charge in [-0.2, -0.15) is 0 Å². The summed E-state index contributed by atoms with van der Waals surface area (Å²) in [6, 6.07) is 0. The second-order valence-electron chi connectivity index (χ2n) is 5.26. The van der Waals surface area contributed by atoms with Gasteiger partial charge >= 0.3 is 5.97 Å². The van der Waals surface area contributed by atoms with E-state index in [1.807, 2.05) is 0 Å². The summed E-state index contributed by atoms with van der Waals surface area (Å²) in [4.78, 5) is 12.9. The second-order valence-corrected chi connectivity index (χ2v) is 5.26. The summed E-state index contributed by atoms with van der Waals surface area (Å²) in [5.74, 6) is -0.695. The molecular formula is C12H23NO3. The van der Waals surface area contributed by atoms with Crippen molar-refractivity contribution in [1.29, 1.82) is 0 Å². The molecule has 0 aromatic heterocycles. The monoisotopic (exact) mass is 229 g/mol. The molecule has 0 aromatic carbocycles. The van der Waals surface area contributed by atoms with Crippen molar-refractivity contribution in [3.63, 3.8) is 0 Å². The van der Waals surface area contributed by atoms with Gasteiger partial charge in [-0.1, -0.05) is 13.8 Å². The van der Waals surface area contributed by atoms with Crippen LogP contribution in [0.3, 0.4) is 0 Å². The molecule has 1 saturated heterocycles. The van der Waals surface area contributed by atoms with E-state index in [0.29, 0.717) is 0 Å². The van der Waals surface area contributed by atoms with Gasteiger partial charge in [0.25, 0.3) is 0 Å². The number of carboxylic acids is 1. The lowest BCUT2D eigenvalue weighted by Gasteiger charge is -2.31. The Morgan fingerprint density at radius 3 is 2.50 bits per heavy atom. The highest BCUT2D eigenvalue weighted by atomic mass is 16.5. The van der Waals surface area contributed by atoms with Crippen LogP contribution in [0.5, 0.6) is 0 Å². The Balaban J connectivity index is 2.20. The van der Waals surface area contributed by atoms with Crippen molar-refractivity contribution in [2.45, 2.75) is 33.1 Å². The number of hydrogen-bond donors (Lipinski definition) is 1. The van der Waals surface area contributed by atoms with Crippen LogP contribution in [0.2, 0.25) is 0 Å². The average molecular weight is 229 g/mol. The number of rotatable bonds is 6. The minimum Gasteiger partial charge on any atom is -0.481 e. The van der Waals surface area contributed by atoms with Crippen molar-refractivity contribution in [2.75, 3.05) is 32.8 Å². The summed E-state index contributed by atoms with van der Waals surface area (Å²) in [5.41, 5.74) is 0.122. The third-order valence-electron chi connectivity index (χ3n) is 3.22. The smallest absolute Gasteiger partial charge is 0.303 e. The number of ether oxygens (including phenoxy) is 1. The maximum Gasteiger partial charge on any atom is 0.303 e. The maximum absolute atomic E-state index is 10.5. The highest BCUT2D eigenvalue weighted by molar-refractivity contribution is 5.66. The highest BCUT2D eigenvalue weighted by Crippen LogP contribution is 2.27. The molecule has 94 valence electrons. The predicted molar refractivity (Wildman–Crippen MR) is 62.5 cm³/mol. The minimum atomic E-state index is -0.695. The van der Waals surface area contributed by atoms with Gasteiger partial charge in [0.2, 0.25) is 0 Å². The molecule has 0 bridgehead atoms. The molecule has 0 amide bonds. The van der Waals surface area contributed by atoms with E-state index in [9.17, 15) is 4.79 Å². The Kier molecular flexibility index (Phi) is 5.22. The van der Waals surface area contributed by atoms with Crippen molar-refractivity contribution in [2.24, 2.45) is 5.41 Å². The van der Waals surface area contributed by atoms with Crippen LogP contribution in [-0.2, 0) is 9.53 Å². The van der Waals surface area contributed by atoms with Crippen LogP contribution in [0.25, 0.3) is 0 Å². The van der Waals surface area contributed by atoms with Crippen LogP contribution >= 0.6 is 0 Å². The summed E-state index contributed by atoms with van der Waals surface area (Å²) in [7, 11) is 0. The third kappa shape index (κ3) is 5.47. The molecule has 1 rings (SSSR count). The molecular weight excluding hydrogens is 206 g/mol. The molecule has 1 aliphatic rings. The van der Waals surface area contributed by atoms with Gasteiger partial charge in [0.1, 0.15) is 0 Å². The second kappa shape index (κ2) is 6.21. The van der Waals surface area contributed by atoms with Crippen LogP contribution in [0.1, 0.15) is 33.1 Å². The topological polar surface area (TPSA) is 49.8 Å². The van der Waals surface area contributed by atoms with Gasteiger partial charge in [-0.15, -0.1) is 0 Å². The van der Waals surface area contributed by atoms with Crippen LogP contribution in [-0.4, -0.2) is 48.8 Å². The van der Waals surface area contributed by atoms with Gasteiger partial charge < -0.3 is 9.84 Å². The lowest BCUT2D eigenvalue weighted by atomic mass is 9.84. The molecule has 0 atom stereocenters. The maximum atomic E-state index is 10.5.